The largest absolute Gasteiger partial charge is 0.364 e. The van der Waals surface area contributed by atoms with Crippen LogP contribution in [0.1, 0.15) is 36.7 Å². The number of hydrogen-bond acceptors (Lipinski definition) is 4. The van der Waals surface area contributed by atoms with Gasteiger partial charge >= 0.3 is 0 Å². The average Bonchev–Trinajstić information content (AvgIpc) is 3.24. The Morgan fingerprint density at radius 1 is 1.42 bits per heavy atom. The second-order valence-electron chi connectivity index (χ2n) is 6.26. The van der Waals surface area contributed by atoms with Crippen molar-refractivity contribution in [2.45, 2.75) is 38.4 Å². The second-order valence-corrected chi connectivity index (χ2v) is 6.26. The van der Waals surface area contributed by atoms with Crippen LogP contribution in [0.5, 0.6) is 0 Å². The monoisotopic (exact) mass is 327 g/mol. The van der Waals surface area contributed by atoms with Gasteiger partial charge in [0.15, 0.2) is 0 Å². The molecule has 0 bridgehead atoms. The van der Waals surface area contributed by atoms with Gasteiger partial charge in [-0.15, -0.1) is 12.3 Å². The van der Waals surface area contributed by atoms with E-state index in [9.17, 15) is 9.59 Å². The summed E-state index contributed by atoms with van der Waals surface area (Å²) in [5.41, 5.74) is 0.884. The van der Waals surface area contributed by atoms with E-state index >= 15 is 0 Å². The topological polar surface area (TPSA) is 71.5 Å². The van der Waals surface area contributed by atoms with E-state index in [0.29, 0.717) is 17.8 Å². The van der Waals surface area contributed by atoms with Crippen molar-refractivity contribution < 1.29 is 14.3 Å². The van der Waals surface area contributed by atoms with Gasteiger partial charge in [-0.2, -0.15) is 0 Å². The number of hydrogen-bond donors (Lipinski definition) is 1. The number of nitrogens with zero attached hydrogens (tertiary/aromatic N) is 2. The van der Waals surface area contributed by atoms with Gasteiger partial charge in [0, 0.05) is 30.9 Å². The van der Waals surface area contributed by atoms with E-state index in [1.807, 2.05) is 6.92 Å². The Balaban J connectivity index is 1.65. The Hall–Kier alpha value is -2.39. The number of terminal acetylenes is 1. The van der Waals surface area contributed by atoms with Crippen molar-refractivity contribution in [1.29, 1.82) is 0 Å². The fourth-order valence-corrected chi connectivity index (χ4v) is 3.13. The van der Waals surface area contributed by atoms with E-state index in [1.165, 1.54) is 6.20 Å². The van der Waals surface area contributed by atoms with E-state index < -0.39 is 6.10 Å². The molecule has 126 valence electrons. The standard InChI is InChI=1S/C18H21N3O3/c1-3-13-10-16(24-12(13)2)17(22)20-14-6-7-19-15(11-14)18(23)21-8-4-5-9-21/h1,6-7,11-13,16H,4-5,8-10H2,2H3,(H,19,20,22)/t12-,13+,16-/m1/s1. The van der Waals surface area contributed by atoms with Crippen LogP contribution < -0.4 is 5.32 Å². The molecule has 2 aliphatic heterocycles. The number of pyridine rings is 1. The number of rotatable bonds is 3. The third-order valence-electron chi connectivity index (χ3n) is 4.56. The van der Waals surface area contributed by atoms with Crippen LogP contribution in [-0.4, -0.2) is 47.0 Å². The van der Waals surface area contributed by atoms with Crippen LogP contribution in [0.3, 0.4) is 0 Å². The number of amides is 2. The normalized spacial score (nSPS) is 26.2. The number of carbonyl (C=O) groups is 2. The maximum atomic E-state index is 12.4. The zero-order valence-electron chi connectivity index (χ0n) is 13.7. The number of likely N-dealkylation sites (tertiary alicyclic amines) is 1. The van der Waals surface area contributed by atoms with Crippen molar-refractivity contribution in [1.82, 2.24) is 9.88 Å². The molecular weight excluding hydrogens is 306 g/mol. The quantitative estimate of drug-likeness (QED) is 0.858. The average molecular weight is 327 g/mol. The molecule has 0 spiro atoms. The lowest BCUT2D eigenvalue weighted by Crippen LogP contribution is -2.29. The lowest BCUT2D eigenvalue weighted by atomic mass is 10.0. The SMILES string of the molecule is C#C[C@H]1C[C@H](C(=O)Nc2ccnc(C(=O)N3CCCC3)c2)O[C@@H]1C. The molecule has 0 unspecified atom stereocenters. The maximum absolute atomic E-state index is 12.4. The molecule has 1 N–H and O–H groups in total. The van der Waals surface area contributed by atoms with E-state index in [-0.39, 0.29) is 23.8 Å². The molecule has 0 aromatic carbocycles. The second kappa shape index (κ2) is 7.02. The lowest BCUT2D eigenvalue weighted by Gasteiger charge is -2.15. The minimum absolute atomic E-state index is 0.0505. The molecule has 6 heteroatoms. The summed E-state index contributed by atoms with van der Waals surface area (Å²) in [6.07, 6.45) is 8.83. The fourth-order valence-electron chi connectivity index (χ4n) is 3.13. The molecule has 2 fully saturated rings. The molecule has 2 saturated heterocycles. The van der Waals surface area contributed by atoms with Crippen LogP contribution in [-0.2, 0) is 9.53 Å². The highest BCUT2D eigenvalue weighted by atomic mass is 16.5. The Morgan fingerprint density at radius 3 is 2.83 bits per heavy atom. The summed E-state index contributed by atoms with van der Waals surface area (Å²) < 4.78 is 5.61. The minimum Gasteiger partial charge on any atom is -0.364 e. The number of anilines is 1. The number of aromatic nitrogens is 1. The highest BCUT2D eigenvalue weighted by Gasteiger charge is 2.35. The molecule has 1 aromatic heterocycles. The summed E-state index contributed by atoms with van der Waals surface area (Å²) in [5, 5.41) is 2.79. The Bertz CT molecular complexity index is 676. The van der Waals surface area contributed by atoms with Gasteiger partial charge in [-0.1, -0.05) is 0 Å². The summed E-state index contributed by atoms with van der Waals surface area (Å²) in [7, 11) is 0. The van der Waals surface area contributed by atoms with Gasteiger partial charge in [0.25, 0.3) is 11.8 Å². The first-order chi connectivity index (χ1) is 11.6. The minimum atomic E-state index is -0.563. The lowest BCUT2D eigenvalue weighted by molar-refractivity contribution is -0.126. The van der Waals surface area contributed by atoms with Crippen LogP contribution in [0.25, 0.3) is 0 Å². The first-order valence-electron chi connectivity index (χ1n) is 8.26. The van der Waals surface area contributed by atoms with Crippen molar-refractivity contribution in [3.8, 4) is 12.3 Å². The Labute approximate surface area is 141 Å². The van der Waals surface area contributed by atoms with Gasteiger partial charge in [-0.05, 0) is 38.3 Å². The van der Waals surface area contributed by atoms with Crippen molar-refractivity contribution in [2.24, 2.45) is 5.92 Å². The molecule has 2 amide bonds. The first kappa shape index (κ1) is 16.5. The van der Waals surface area contributed by atoms with Crippen molar-refractivity contribution in [2.75, 3.05) is 18.4 Å². The molecule has 3 heterocycles. The molecule has 2 aliphatic rings. The van der Waals surface area contributed by atoms with Gasteiger partial charge < -0.3 is 15.0 Å². The summed E-state index contributed by atoms with van der Waals surface area (Å²) in [4.78, 5) is 30.6. The summed E-state index contributed by atoms with van der Waals surface area (Å²) >= 11 is 0. The van der Waals surface area contributed by atoms with Crippen molar-refractivity contribution >= 4 is 17.5 Å². The summed E-state index contributed by atoms with van der Waals surface area (Å²) in [5.74, 6) is 2.26. The highest BCUT2D eigenvalue weighted by Crippen LogP contribution is 2.26. The Kier molecular flexibility index (Phi) is 4.81. The Morgan fingerprint density at radius 2 is 2.17 bits per heavy atom. The molecule has 0 saturated carbocycles. The number of carbonyl (C=O) groups excluding carboxylic acids is 2. The third-order valence-corrected chi connectivity index (χ3v) is 4.56. The summed E-state index contributed by atoms with van der Waals surface area (Å²) in [6.45, 7) is 3.40. The highest BCUT2D eigenvalue weighted by molar-refractivity contribution is 5.97. The third kappa shape index (κ3) is 3.41. The van der Waals surface area contributed by atoms with Crippen LogP contribution in [0.4, 0.5) is 5.69 Å². The molecule has 24 heavy (non-hydrogen) atoms. The first-order valence-corrected chi connectivity index (χ1v) is 8.26. The molecule has 6 nitrogen and oxygen atoms in total. The van der Waals surface area contributed by atoms with Gasteiger partial charge in [-0.3, -0.25) is 14.6 Å². The zero-order chi connectivity index (χ0) is 17.1. The van der Waals surface area contributed by atoms with E-state index in [0.717, 1.165) is 25.9 Å². The van der Waals surface area contributed by atoms with E-state index in [2.05, 4.69) is 16.2 Å². The van der Waals surface area contributed by atoms with Crippen molar-refractivity contribution in [3.63, 3.8) is 0 Å². The van der Waals surface area contributed by atoms with Crippen molar-refractivity contribution in [3.05, 3.63) is 24.0 Å². The van der Waals surface area contributed by atoms with E-state index in [4.69, 9.17) is 11.2 Å². The van der Waals surface area contributed by atoms with Crippen LogP contribution >= 0.6 is 0 Å². The predicted molar refractivity (Wildman–Crippen MR) is 89.3 cm³/mol. The molecular formula is C18H21N3O3. The zero-order valence-corrected chi connectivity index (χ0v) is 13.7. The molecule has 3 rings (SSSR count). The number of nitrogens with one attached hydrogen (secondary N) is 1. The molecule has 0 radical (unpaired) electrons. The molecule has 1 aromatic rings. The van der Waals surface area contributed by atoms with Gasteiger partial charge in [-0.25, -0.2) is 0 Å². The van der Waals surface area contributed by atoms with Crippen LogP contribution in [0.2, 0.25) is 0 Å². The van der Waals surface area contributed by atoms with Gasteiger partial charge in [0.1, 0.15) is 11.8 Å². The molecule has 3 atom stereocenters. The van der Waals surface area contributed by atoms with E-state index in [1.54, 1.807) is 17.0 Å². The summed E-state index contributed by atoms with van der Waals surface area (Å²) in [6, 6.07) is 3.27. The molecule has 0 aliphatic carbocycles. The van der Waals surface area contributed by atoms with Gasteiger partial charge in [0.05, 0.1) is 6.10 Å². The number of ether oxygens (including phenoxy) is 1. The van der Waals surface area contributed by atoms with Crippen LogP contribution in [0, 0.1) is 18.3 Å². The fraction of sp³-hybridized carbons (Fsp3) is 0.500. The van der Waals surface area contributed by atoms with Gasteiger partial charge in [0.2, 0.25) is 0 Å². The smallest absolute Gasteiger partial charge is 0.272 e. The predicted octanol–water partition coefficient (Wildman–Crippen LogP) is 1.68. The van der Waals surface area contributed by atoms with Crippen LogP contribution in [0.15, 0.2) is 18.3 Å². The maximum Gasteiger partial charge on any atom is 0.272 e.